The van der Waals surface area contributed by atoms with Gasteiger partial charge < -0.3 is 4.74 Å². The summed E-state index contributed by atoms with van der Waals surface area (Å²) in [6.45, 7) is 8.76. The van der Waals surface area contributed by atoms with Crippen LogP contribution in [0.1, 0.15) is 38.1 Å². The van der Waals surface area contributed by atoms with E-state index < -0.39 is 0 Å². The minimum absolute atomic E-state index is 0.223. The van der Waals surface area contributed by atoms with Gasteiger partial charge in [-0.25, -0.2) is 0 Å². The summed E-state index contributed by atoms with van der Waals surface area (Å²) < 4.78 is 7.54. The quantitative estimate of drug-likeness (QED) is 0.799. The average Bonchev–Trinajstić information content (AvgIpc) is 2.81. The maximum atomic E-state index is 11.1. The lowest BCUT2D eigenvalue weighted by Gasteiger charge is -2.21. The van der Waals surface area contributed by atoms with Crippen molar-refractivity contribution in [1.82, 2.24) is 9.78 Å². The maximum absolute atomic E-state index is 11.1. The molecule has 0 saturated heterocycles. The van der Waals surface area contributed by atoms with Crippen LogP contribution in [-0.4, -0.2) is 21.7 Å². The maximum Gasteiger partial charge on any atom is 0.153 e. The molecule has 1 aromatic heterocycles. The minimum atomic E-state index is -0.223. The largest absolute Gasteiger partial charge is 0.488 e. The van der Waals surface area contributed by atoms with Gasteiger partial charge in [0, 0.05) is 18.3 Å². The zero-order valence-electron chi connectivity index (χ0n) is 12.4. The number of aldehydes is 1. The van der Waals surface area contributed by atoms with Crippen molar-refractivity contribution < 1.29 is 9.53 Å². The number of hydrogen-bond donors (Lipinski definition) is 0. The van der Waals surface area contributed by atoms with Crippen molar-refractivity contribution in [3.05, 3.63) is 36.0 Å². The Morgan fingerprint density at radius 1 is 1.25 bits per heavy atom. The molecule has 0 saturated carbocycles. The number of carbonyl (C=O) groups excluding carboxylic acids is 1. The van der Waals surface area contributed by atoms with E-state index in [9.17, 15) is 4.79 Å². The predicted octanol–water partition coefficient (Wildman–Crippen LogP) is 3.56. The first kappa shape index (κ1) is 14.3. The molecular formula is C16H20N2O2. The molecule has 2 aromatic rings. The summed E-state index contributed by atoms with van der Waals surface area (Å²) in [6, 6.07) is 7.66. The zero-order chi connectivity index (χ0) is 14.8. The van der Waals surface area contributed by atoms with Crippen molar-refractivity contribution in [3.8, 4) is 17.0 Å². The number of aromatic nitrogens is 2. The van der Waals surface area contributed by atoms with Crippen molar-refractivity contribution in [1.29, 1.82) is 0 Å². The Morgan fingerprint density at radius 2 is 1.90 bits per heavy atom. The SMILES string of the molecule is CCn1cc(C=O)c(-c2ccc(OC(C)(C)C)cc2)n1. The molecule has 0 spiro atoms. The fourth-order valence-electron chi connectivity index (χ4n) is 1.94. The van der Waals surface area contributed by atoms with E-state index in [1.807, 2.05) is 52.0 Å². The highest BCUT2D eigenvalue weighted by Gasteiger charge is 2.13. The van der Waals surface area contributed by atoms with Crippen LogP contribution in [0.3, 0.4) is 0 Å². The Balaban J connectivity index is 2.30. The van der Waals surface area contributed by atoms with Crippen LogP contribution in [0.2, 0.25) is 0 Å². The van der Waals surface area contributed by atoms with Gasteiger partial charge in [-0.2, -0.15) is 5.10 Å². The molecule has 0 radical (unpaired) electrons. The van der Waals surface area contributed by atoms with E-state index in [2.05, 4.69) is 5.10 Å². The second kappa shape index (κ2) is 5.49. The van der Waals surface area contributed by atoms with Crippen LogP contribution in [0.15, 0.2) is 30.5 Å². The van der Waals surface area contributed by atoms with Crippen molar-refractivity contribution in [2.75, 3.05) is 0 Å². The van der Waals surface area contributed by atoms with Gasteiger partial charge >= 0.3 is 0 Å². The number of benzene rings is 1. The highest BCUT2D eigenvalue weighted by atomic mass is 16.5. The molecule has 0 aliphatic heterocycles. The summed E-state index contributed by atoms with van der Waals surface area (Å²) in [6.07, 6.45) is 2.61. The summed E-state index contributed by atoms with van der Waals surface area (Å²) in [7, 11) is 0. The monoisotopic (exact) mass is 272 g/mol. The fraction of sp³-hybridized carbons (Fsp3) is 0.375. The van der Waals surface area contributed by atoms with Crippen LogP contribution in [-0.2, 0) is 6.54 Å². The molecule has 1 heterocycles. The Labute approximate surface area is 119 Å². The van der Waals surface area contributed by atoms with E-state index in [1.54, 1.807) is 10.9 Å². The van der Waals surface area contributed by atoms with Gasteiger partial charge in [0.2, 0.25) is 0 Å². The molecule has 0 amide bonds. The molecule has 2 rings (SSSR count). The highest BCUT2D eigenvalue weighted by molar-refractivity contribution is 5.85. The number of aryl methyl sites for hydroxylation is 1. The van der Waals surface area contributed by atoms with Crippen molar-refractivity contribution in [3.63, 3.8) is 0 Å². The van der Waals surface area contributed by atoms with Gasteiger partial charge in [-0.3, -0.25) is 9.48 Å². The number of hydrogen-bond acceptors (Lipinski definition) is 3. The van der Waals surface area contributed by atoms with Gasteiger partial charge in [-0.05, 0) is 52.0 Å². The van der Waals surface area contributed by atoms with Gasteiger partial charge in [-0.15, -0.1) is 0 Å². The van der Waals surface area contributed by atoms with Crippen LogP contribution >= 0.6 is 0 Å². The third-order valence-electron chi connectivity index (χ3n) is 2.79. The molecule has 4 heteroatoms. The summed E-state index contributed by atoms with van der Waals surface area (Å²) in [5, 5.41) is 4.42. The molecule has 0 aliphatic rings. The van der Waals surface area contributed by atoms with Gasteiger partial charge in [0.1, 0.15) is 17.0 Å². The van der Waals surface area contributed by atoms with E-state index in [0.29, 0.717) is 11.3 Å². The third-order valence-corrected chi connectivity index (χ3v) is 2.79. The molecule has 1 aromatic carbocycles. The molecule has 4 nitrogen and oxygen atoms in total. The van der Waals surface area contributed by atoms with Crippen LogP contribution in [0.5, 0.6) is 5.75 Å². The van der Waals surface area contributed by atoms with Crippen molar-refractivity contribution in [2.24, 2.45) is 0 Å². The number of carbonyl (C=O) groups is 1. The summed E-state index contributed by atoms with van der Waals surface area (Å²) in [4.78, 5) is 11.1. The molecule has 0 bridgehead atoms. The Bertz CT molecular complexity index is 592. The van der Waals surface area contributed by atoms with Crippen molar-refractivity contribution in [2.45, 2.75) is 39.8 Å². The molecule has 106 valence electrons. The van der Waals surface area contributed by atoms with E-state index in [1.165, 1.54) is 0 Å². The van der Waals surface area contributed by atoms with E-state index >= 15 is 0 Å². The van der Waals surface area contributed by atoms with Gasteiger partial charge in [0.05, 0.1) is 5.56 Å². The topological polar surface area (TPSA) is 44.1 Å². The Morgan fingerprint density at radius 3 is 2.40 bits per heavy atom. The highest BCUT2D eigenvalue weighted by Crippen LogP contribution is 2.25. The summed E-state index contributed by atoms with van der Waals surface area (Å²) in [5.41, 5.74) is 2.01. The van der Waals surface area contributed by atoms with Crippen LogP contribution in [0.4, 0.5) is 0 Å². The first-order valence-electron chi connectivity index (χ1n) is 6.75. The van der Waals surface area contributed by atoms with Crippen LogP contribution < -0.4 is 4.74 Å². The molecule has 0 aliphatic carbocycles. The second-order valence-electron chi connectivity index (χ2n) is 5.65. The second-order valence-corrected chi connectivity index (χ2v) is 5.65. The Kier molecular flexibility index (Phi) is 3.93. The molecule has 0 unspecified atom stereocenters. The van der Waals surface area contributed by atoms with Gasteiger partial charge in [-0.1, -0.05) is 0 Å². The lowest BCUT2D eigenvalue weighted by atomic mass is 10.1. The molecule has 20 heavy (non-hydrogen) atoms. The normalized spacial score (nSPS) is 11.4. The minimum Gasteiger partial charge on any atom is -0.488 e. The van der Waals surface area contributed by atoms with Gasteiger partial charge in [0.25, 0.3) is 0 Å². The lowest BCUT2D eigenvalue weighted by Crippen LogP contribution is -2.22. The number of ether oxygens (including phenoxy) is 1. The molecule has 0 fully saturated rings. The summed E-state index contributed by atoms with van der Waals surface area (Å²) in [5.74, 6) is 0.809. The fourth-order valence-corrected chi connectivity index (χ4v) is 1.94. The Hall–Kier alpha value is -2.10. The number of nitrogens with zero attached hydrogens (tertiary/aromatic N) is 2. The van der Waals surface area contributed by atoms with Crippen LogP contribution in [0, 0.1) is 0 Å². The predicted molar refractivity (Wildman–Crippen MR) is 79.1 cm³/mol. The van der Waals surface area contributed by atoms with Gasteiger partial charge in [0.15, 0.2) is 6.29 Å². The zero-order valence-corrected chi connectivity index (χ0v) is 12.4. The average molecular weight is 272 g/mol. The smallest absolute Gasteiger partial charge is 0.153 e. The summed E-state index contributed by atoms with van der Waals surface area (Å²) >= 11 is 0. The van der Waals surface area contributed by atoms with E-state index in [0.717, 1.165) is 24.1 Å². The third kappa shape index (κ3) is 3.26. The first-order chi connectivity index (χ1) is 9.43. The first-order valence-corrected chi connectivity index (χ1v) is 6.75. The molecule has 0 N–H and O–H groups in total. The van der Waals surface area contributed by atoms with E-state index in [-0.39, 0.29) is 5.60 Å². The standard InChI is InChI=1S/C16H20N2O2/c1-5-18-10-13(11-19)15(17-18)12-6-8-14(9-7-12)20-16(2,3)4/h6-11H,5H2,1-4H3. The van der Waals surface area contributed by atoms with E-state index in [4.69, 9.17) is 4.74 Å². The lowest BCUT2D eigenvalue weighted by molar-refractivity contribution is 0.112. The molecule has 0 atom stereocenters. The number of rotatable bonds is 4. The van der Waals surface area contributed by atoms with Crippen molar-refractivity contribution >= 4 is 6.29 Å². The van der Waals surface area contributed by atoms with Crippen LogP contribution in [0.25, 0.3) is 11.3 Å². The molecular weight excluding hydrogens is 252 g/mol.